The third kappa shape index (κ3) is 2.41. The van der Waals surface area contributed by atoms with Crippen LogP contribution in [-0.4, -0.2) is 16.1 Å². The molecule has 0 radical (unpaired) electrons. The van der Waals surface area contributed by atoms with Crippen molar-refractivity contribution in [1.29, 1.82) is 0 Å². The highest BCUT2D eigenvalue weighted by molar-refractivity contribution is 6.03. The summed E-state index contributed by atoms with van der Waals surface area (Å²) in [4.78, 5) is 11.8. The van der Waals surface area contributed by atoms with Crippen LogP contribution >= 0.6 is 0 Å². The molecule has 6 nitrogen and oxygen atoms in total. The number of halogens is 1. The molecule has 1 N–H and O–H groups in total. The number of hydrogen-bond acceptors (Lipinski definition) is 5. The highest BCUT2D eigenvalue weighted by Gasteiger charge is 2.14. The molecule has 2 heterocycles. The van der Waals surface area contributed by atoms with E-state index in [0.717, 1.165) is 0 Å². The monoisotopic (exact) mass is 273 g/mol. The molecule has 0 fully saturated rings. The van der Waals surface area contributed by atoms with Crippen molar-refractivity contribution in [2.75, 3.05) is 5.32 Å². The van der Waals surface area contributed by atoms with Crippen LogP contribution in [0.3, 0.4) is 0 Å². The van der Waals surface area contributed by atoms with Gasteiger partial charge in [-0.1, -0.05) is 5.10 Å². The fourth-order valence-electron chi connectivity index (χ4n) is 1.54. The smallest absolute Gasteiger partial charge is 0.322 e. The summed E-state index contributed by atoms with van der Waals surface area (Å²) in [7, 11) is 0. The molecule has 20 heavy (non-hydrogen) atoms. The van der Waals surface area contributed by atoms with E-state index >= 15 is 0 Å². The van der Waals surface area contributed by atoms with Crippen LogP contribution in [0.5, 0.6) is 0 Å². The average molecular weight is 273 g/mol. The Bertz CT molecular complexity index is 720. The minimum Gasteiger partial charge on any atom is -0.459 e. The average Bonchev–Trinajstić information content (AvgIpc) is 3.09. The SMILES string of the molecule is O=C(Nc1nnc(-c2ccco2)o1)c1ccc(F)cc1. The lowest BCUT2D eigenvalue weighted by Gasteiger charge is -1.99. The van der Waals surface area contributed by atoms with Gasteiger partial charge in [0, 0.05) is 5.56 Å². The second-order valence-electron chi connectivity index (χ2n) is 3.85. The van der Waals surface area contributed by atoms with Crippen LogP contribution in [0.4, 0.5) is 10.4 Å². The van der Waals surface area contributed by atoms with Gasteiger partial charge in [-0.3, -0.25) is 10.1 Å². The summed E-state index contributed by atoms with van der Waals surface area (Å²) in [5, 5.41) is 9.82. The van der Waals surface area contributed by atoms with E-state index in [2.05, 4.69) is 15.5 Å². The van der Waals surface area contributed by atoms with Gasteiger partial charge >= 0.3 is 6.01 Å². The van der Waals surface area contributed by atoms with Gasteiger partial charge in [0.05, 0.1) is 6.26 Å². The summed E-state index contributed by atoms with van der Waals surface area (Å²) in [6, 6.07) is 8.36. The van der Waals surface area contributed by atoms with Gasteiger partial charge in [-0.05, 0) is 36.4 Å². The van der Waals surface area contributed by atoms with Crippen molar-refractivity contribution < 1.29 is 18.0 Å². The molecule has 1 amide bonds. The number of anilines is 1. The molecule has 0 atom stereocenters. The van der Waals surface area contributed by atoms with E-state index < -0.39 is 11.7 Å². The lowest BCUT2D eigenvalue weighted by Crippen LogP contribution is -2.12. The molecule has 0 saturated heterocycles. The molecule has 0 aliphatic rings. The molecule has 0 bridgehead atoms. The van der Waals surface area contributed by atoms with Crippen molar-refractivity contribution >= 4 is 11.9 Å². The van der Waals surface area contributed by atoms with Crippen LogP contribution in [0.25, 0.3) is 11.7 Å². The number of hydrogen-bond donors (Lipinski definition) is 1. The topological polar surface area (TPSA) is 81.2 Å². The van der Waals surface area contributed by atoms with Crippen LogP contribution < -0.4 is 5.32 Å². The van der Waals surface area contributed by atoms with Crippen LogP contribution in [0, 0.1) is 5.82 Å². The van der Waals surface area contributed by atoms with E-state index in [1.165, 1.54) is 30.5 Å². The molecular formula is C13H8FN3O3. The minimum atomic E-state index is -0.473. The number of benzene rings is 1. The third-order valence-corrected chi connectivity index (χ3v) is 2.48. The highest BCUT2D eigenvalue weighted by Crippen LogP contribution is 2.20. The molecule has 7 heteroatoms. The lowest BCUT2D eigenvalue weighted by atomic mass is 10.2. The van der Waals surface area contributed by atoms with Gasteiger partial charge in [0.2, 0.25) is 0 Å². The zero-order valence-electron chi connectivity index (χ0n) is 10.0. The van der Waals surface area contributed by atoms with Crippen molar-refractivity contribution in [1.82, 2.24) is 10.2 Å². The zero-order chi connectivity index (χ0) is 13.9. The van der Waals surface area contributed by atoms with Crippen molar-refractivity contribution in [3.63, 3.8) is 0 Å². The maximum absolute atomic E-state index is 12.8. The quantitative estimate of drug-likeness (QED) is 0.793. The zero-order valence-corrected chi connectivity index (χ0v) is 10.0. The normalized spacial score (nSPS) is 10.4. The summed E-state index contributed by atoms with van der Waals surface area (Å²) in [6.45, 7) is 0. The van der Waals surface area contributed by atoms with E-state index in [-0.39, 0.29) is 17.5 Å². The number of rotatable bonds is 3. The van der Waals surface area contributed by atoms with Gasteiger partial charge in [-0.2, -0.15) is 0 Å². The first-order valence-electron chi connectivity index (χ1n) is 5.67. The molecule has 3 rings (SSSR count). The number of furan rings is 1. The Balaban J connectivity index is 1.75. The van der Waals surface area contributed by atoms with Gasteiger partial charge in [0.15, 0.2) is 5.76 Å². The van der Waals surface area contributed by atoms with Gasteiger partial charge in [-0.25, -0.2) is 4.39 Å². The predicted molar refractivity (Wildman–Crippen MR) is 66.4 cm³/mol. The molecule has 0 saturated carbocycles. The largest absolute Gasteiger partial charge is 0.459 e. The van der Waals surface area contributed by atoms with Crippen LogP contribution in [0.1, 0.15) is 10.4 Å². The van der Waals surface area contributed by atoms with Crippen molar-refractivity contribution in [3.05, 3.63) is 54.0 Å². The summed E-state index contributed by atoms with van der Waals surface area (Å²) in [6.07, 6.45) is 1.47. The first-order valence-corrected chi connectivity index (χ1v) is 5.67. The molecule has 3 aromatic rings. The summed E-state index contributed by atoms with van der Waals surface area (Å²) in [5.74, 6) is -0.330. The van der Waals surface area contributed by atoms with Gasteiger partial charge < -0.3 is 8.83 Å². The molecule has 0 spiro atoms. The van der Waals surface area contributed by atoms with Crippen LogP contribution in [-0.2, 0) is 0 Å². The van der Waals surface area contributed by atoms with Crippen LogP contribution in [0.2, 0.25) is 0 Å². The van der Waals surface area contributed by atoms with E-state index in [9.17, 15) is 9.18 Å². The Kier molecular flexibility index (Phi) is 3.00. The summed E-state index contributed by atoms with van der Waals surface area (Å²) in [5.41, 5.74) is 0.282. The number of carbonyl (C=O) groups is 1. The maximum Gasteiger partial charge on any atom is 0.322 e. The molecule has 2 aromatic heterocycles. The number of nitrogens with zero attached hydrogens (tertiary/aromatic N) is 2. The Labute approximate surface area is 112 Å². The Morgan fingerprint density at radius 3 is 2.65 bits per heavy atom. The molecule has 1 aromatic carbocycles. The fraction of sp³-hybridized carbons (Fsp3) is 0. The second-order valence-corrected chi connectivity index (χ2v) is 3.85. The molecule has 0 aliphatic heterocycles. The lowest BCUT2D eigenvalue weighted by molar-refractivity contribution is 0.102. The third-order valence-electron chi connectivity index (χ3n) is 2.48. The van der Waals surface area contributed by atoms with Gasteiger partial charge in [0.1, 0.15) is 5.82 Å². The number of nitrogens with one attached hydrogen (secondary N) is 1. The predicted octanol–water partition coefficient (Wildman–Crippen LogP) is 2.72. The number of amides is 1. The minimum absolute atomic E-state index is 0.0641. The van der Waals surface area contributed by atoms with E-state index in [0.29, 0.717) is 5.76 Å². The summed E-state index contributed by atoms with van der Waals surface area (Å²) < 4.78 is 23.1. The first kappa shape index (κ1) is 12.1. The standard InChI is InChI=1S/C13H8FN3O3/c14-9-5-3-8(4-6-9)11(18)15-13-17-16-12(20-13)10-2-1-7-19-10/h1-7H,(H,15,17,18). The van der Waals surface area contributed by atoms with E-state index in [1.54, 1.807) is 12.1 Å². The molecule has 0 unspecified atom stereocenters. The van der Waals surface area contributed by atoms with Crippen LogP contribution in [0.15, 0.2) is 51.5 Å². The fourth-order valence-corrected chi connectivity index (χ4v) is 1.54. The van der Waals surface area contributed by atoms with E-state index in [1.807, 2.05) is 0 Å². The van der Waals surface area contributed by atoms with Gasteiger partial charge in [-0.15, -0.1) is 5.10 Å². The maximum atomic E-state index is 12.8. The first-order chi connectivity index (χ1) is 9.72. The van der Waals surface area contributed by atoms with Crippen molar-refractivity contribution in [3.8, 4) is 11.7 Å². The summed E-state index contributed by atoms with van der Waals surface area (Å²) >= 11 is 0. The Hall–Kier alpha value is -2.96. The number of aromatic nitrogens is 2. The molecule has 0 aliphatic carbocycles. The van der Waals surface area contributed by atoms with Crippen molar-refractivity contribution in [2.45, 2.75) is 0 Å². The highest BCUT2D eigenvalue weighted by atomic mass is 19.1. The second kappa shape index (κ2) is 4.96. The molecule has 100 valence electrons. The Morgan fingerprint density at radius 2 is 1.95 bits per heavy atom. The van der Waals surface area contributed by atoms with E-state index in [4.69, 9.17) is 8.83 Å². The Morgan fingerprint density at radius 1 is 1.15 bits per heavy atom. The molecular weight excluding hydrogens is 265 g/mol. The number of carbonyl (C=O) groups excluding carboxylic acids is 1. The van der Waals surface area contributed by atoms with Crippen molar-refractivity contribution in [2.24, 2.45) is 0 Å². The van der Waals surface area contributed by atoms with Gasteiger partial charge in [0.25, 0.3) is 11.8 Å².